The van der Waals surface area contributed by atoms with Crippen LogP contribution in [0.5, 0.6) is 0 Å². The van der Waals surface area contributed by atoms with Gasteiger partial charge in [-0.1, -0.05) is 64.2 Å². The van der Waals surface area contributed by atoms with E-state index >= 15 is 0 Å². The van der Waals surface area contributed by atoms with E-state index in [1.54, 1.807) is 13.8 Å². The molecule has 0 amide bonds. The Kier molecular flexibility index (Phi) is 4.28. The van der Waals surface area contributed by atoms with Crippen molar-refractivity contribution in [3.63, 3.8) is 0 Å². The average Bonchev–Trinajstić information content (AvgIpc) is 2.51. The third kappa shape index (κ3) is 3.48. The molecule has 0 heterocycles. The van der Waals surface area contributed by atoms with Crippen molar-refractivity contribution in [2.45, 2.75) is 30.7 Å². The van der Waals surface area contributed by atoms with Gasteiger partial charge in [0.1, 0.15) is 10.4 Å². The summed E-state index contributed by atoms with van der Waals surface area (Å²) in [5.74, 6) is 6.16. The van der Waals surface area contributed by atoms with Crippen molar-refractivity contribution in [2.75, 3.05) is 0 Å². The van der Waals surface area contributed by atoms with Crippen LogP contribution in [0.25, 0.3) is 0 Å². The molecule has 2 aromatic rings. The molecule has 0 N–H and O–H groups in total. The Morgan fingerprint density at radius 3 is 2.43 bits per heavy atom. The Balaban J connectivity index is 2.06. The Morgan fingerprint density at radius 2 is 1.70 bits per heavy atom. The number of hydrogen-bond acceptors (Lipinski definition) is 2. The summed E-state index contributed by atoms with van der Waals surface area (Å²) in [6.45, 7) is 3.58. The zero-order chi connectivity index (χ0) is 16.4. The van der Waals surface area contributed by atoms with Gasteiger partial charge in [0.15, 0.2) is 0 Å². The molecule has 1 unspecified atom stereocenters. The first-order valence-electron chi connectivity index (χ1n) is 7.54. The first-order chi connectivity index (χ1) is 10.9. The number of halogens is 1. The molecule has 0 spiro atoms. The van der Waals surface area contributed by atoms with Crippen molar-refractivity contribution < 1.29 is 9.53 Å². The predicted octanol–water partition coefficient (Wildman–Crippen LogP) is 4.40. The molecule has 0 radical (unpaired) electrons. The Hall–Kier alpha value is -2.05. The molecule has 2 nitrogen and oxygen atoms in total. The Labute approximate surface area is 145 Å². The largest absolute Gasteiger partial charge is 0.456 e. The number of hydrogen-bond donors (Lipinski definition) is 0. The van der Waals surface area contributed by atoms with Crippen molar-refractivity contribution in [3.8, 4) is 11.8 Å². The lowest BCUT2D eigenvalue weighted by molar-refractivity contribution is -0.151. The van der Waals surface area contributed by atoms with Gasteiger partial charge in [-0.05, 0) is 31.5 Å². The van der Waals surface area contributed by atoms with Crippen LogP contribution in [0.4, 0.5) is 0 Å². The van der Waals surface area contributed by atoms with Crippen LogP contribution in [0.1, 0.15) is 42.2 Å². The molecule has 23 heavy (non-hydrogen) atoms. The van der Waals surface area contributed by atoms with E-state index in [9.17, 15) is 4.79 Å². The predicted molar refractivity (Wildman–Crippen MR) is 94.4 cm³/mol. The van der Waals surface area contributed by atoms with Crippen LogP contribution in [-0.4, -0.2) is 10.3 Å². The topological polar surface area (TPSA) is 26.3 Å². The maximum absolute atomic E-state index is 12.3. The van der Waals surface area contributed by atoms with Gasteiger partial charge in [0.25, 0.3) is 0 Å². The minimum absolute atomic E-state index is 0.275. The lowest BCUT2D eigenvalue weighted by Gasteiger charge is -2.25. The van der Waals surface area contributed by atoms with Crippen LogP contribution in [0, 0.1) is 11.8 Å². The molecule has 1 aliphatic carbocycles. The highest BCUT2D eigenvalue weighted by Crippen LogP contribution is 2.31. The van der Waals surface area contributed by atoms with E-state index in [0.29, 0.717) is 6.42 Å². The van der Waals surface area contributed by atoms with E-state index in [1.165, 1.54) is 0 Å². The number of carbonyl (C=O) groups excluding carboxylic acids is 1. The summed E-state index contributed by atoms with van der Waals surface area (Å²) < 4.78 is 5.11. The quantitative estimate of drug-likeness (QED) is 0.446. The molecule has 0 aliphatic heterocycles. The van der Waals surface area contributed by atoms with Crippen LogP contribution in [0.15, 0.2) is 48.5 Å². The minimum Gasteiger partial charge on any atom is -0.456 e. The molecule has 0 aromatic heterocycles. The van der Waals surface area contributed by atoms with E-state index in [1.807, 2.05) is 48.5 Å². The number of alkyl halides is 1. The van der Waals surface area contributed by atoms with Crippen molar-refractivity contribution >= 4 is 21.9 Å². The molecule has 0 saturated heterocycles. The highest BCUT2D eigenvalue weighted by atomic mass is 79.9. The fraction of sp³-hybridized carbons (Fsp3) is 0.250. The maximum atomic E-state index is 12.3. The second kappa shape index (κ2) is 6.22. The number of ether oxygens (including phenoxy) is 1. The normalized spacial score (nSPS) is 16.0. The molecule has 3 rings (SSSR count). The van der Waals surface area contributed by atoms with E-state index < -0.39 is 4.32 Å². The van der Waals surface area contributed by atoms with Gasteiger partial charge in [-0.25, -0.2) is 0 Å². The van der Waals surface area contributed by atoms with Crippen LogP contribution < -0.4 is 0 Å². The second-order valence-electron chi connectivity index (χ2n) is 6.06. The highest BCUT2D eigenvalue weighted by Gasteiger charge is 2.30. The summed E-state index contributed by atoms with van der Waals surface area (Å²) in [6.07, 6.45) is 0.280. The fourth-order valence-corrected chi connectivity index (χ4v) is 2.62. The molecule has 0 fully saturated rings. The second-order valence-corrected chi connectivity index (χ2v) is 8.05. The summed E-state index contributed by atoms with van der Waals surface area (Å²) in [4.78, 5) is 12.3. The summed E-state index contributed by atoms with van der Waals surface area (Å²) >= 11 is 3.37. The molecule has 0 saturated carbocycles. The zero-order valence-corrected chi connectivity index (χ0v) is 14.7. The van der Waals surface area contributed by atoms with Crippen LogP contribution in [-0.2, 0) is 16.0 Å². The average molecular weight is 369 g/mol. The molecule has 2 aromatic carbocycles. The standard InChI is InChI=1S/C20H17BrO2/c1-20(2,21)19(22)23-18-13-16-9-4-3-7-14(16)11-12-15-8-5-6-10-17(15)18/h3-10,18H,13H2,1-2H3. The Bertz CT molecular complexity index is 806. The van der Waals surface area contributed by atoms with E-state index in [-0.39, 0.29) is 12.1 Å². The summed E-state index contributed by atoms with van der Waals surface area (Å²) in [5.41, 5.74) is 3.95. The summed E-state index contributed by atoms with van der Waals surface area (Å²) in [7, 11) is 0. The van der Waals surface area contributed by atoms with Gasteiger partial charge < -0.3 is 4.74 Å². The van der Waals surface area contributed by atoms with Crippen molar-refractivity contribution in [1.29, 1.82) is 0 Å². The van der Waals surface area contributed by atoms with Gasteiger partial charge in [-0.2, -0.15) is 0 Å². The van der Waals surface area contributed by atoms with Crippen molar-refractivity contribution in [3.05, 3.63) is 70.8 Å². The minimum atomic E-state index is -0.713. The van der Waals surface area contributed by atoms with Crippen LogP contribution >= 0.6 is 15.9 Å². The lowest BCUT2D eigenvalue weighted by atomic mass is 9.92. The summed E-state index contributed by atoms with van der Waals surface area (Å²) in [5, 5.41) is 0. The van der Waals surface area contributed by atoms with Gasteiger partial charge in [0.05, 0.1) is 0 Å². The first kappa shape index (κ1) is 15.8. The number of esters is 1. The first-order valence-corrected chi connectivity index (χ1v) is 8.33. The van der Waals surface area contributed by atoms with Gasteiger partial charge in [0.2, 0.25) is 0 Å². The number of fused-ring (bicyclic) bond motifs is 2. The summed E-state index contributed by atoms with van der Waals surface area (Å²) in [6, 6.07) is 15.9. The number of rotatable bonds is 2. The van der Waals surface area contributed by atoms with Gasteiger partial charge >= 0.3 is 5.97 Å². The van der Waals surface area contributed by atoms with E-state index in [2.05, 4.69) is 27.8 Å². The smallest absolute Gasteiger partial charge is 0.322 e. The van der Waals surface area contributed by atoms with Gasteiger partial charge in [0, 0.05) is 23.1 Å². The molecule has 116 valence electrons. The van der Waals surface area contributed by atoms with Crippen LogP contribution in [0.3, 0.4) is 0 Å². The molecule has 3 heteroatoms. The monoisotopic (exact) mass is 368 g/mol. The molecule has 0 bridgehead atoms. The maximum Gasteiger partial charge on any atom is 0.322 e. The van der Waals surface area contributed by atoms with Crippen molar-refractivity contribution in [2.24, 2.45) is 0 Å². The molecular weight excluding hydrogens is 352 g/mol. The Morgan fingerprint density at radius 1 is 1.09 bits per heavy atom. The highest BCUT2D eigenvalue weighted by molar-refractivity contribution is 9.10. The number of carbonyl (C=O) groups is 1. The SMILES string of the molecule is CC(C)(Br)C(=O)OC1Cc2ccccc2C#Cc2ccccc21. The van der Waals surface area contributed by atoms with Crippen LogP contribution in [0.2, 0.25) is 0 Å². The van der Waals surface area contributed by atoms with Gasteiger partial charge in [-0.3, -0.25) is 4.79 Å². The molecular formula is C20H17BrO2. The van der Waals surface area contributed by atoms with Gasteiger partial charge in [-0.15, -0.1) is 0 Å². The third-order valence-corrected chi connectivity index (χ3v) is 4.12. The van der Waals surface area contributed by atoms with Crippen molar-refractivity contribution in [1.82, 2.24) is 0 Å². The fourth-order valence-electron chi connectivity index (χ4n) is 2.53. The van der Waals surface area contributed by atoms with E-state index in [4.69, 9.17) is 4.74 Å². The zero-order valence-electron chi connectivity index (χ0n) is 13.1. The molecule has 1 atom stereocenters. The molecule has 1 aliphatic rings. The van der Waals surface area contributed by atoms with E-state index in [0.717, 1.165) is 22.3 Å². The number of benzene rings is 2. The third-order valence-electron chi connectivity index (χ3n) is 3.80. The lowest BCUT2D eigenvalue weighted by Crippen LogP contribution is -2.29.